The first-order valence-corrected chi connectivity index (χ1v) is 5.98. The summed E-state index contributed by atoms with van der Waals surface area (Å²) in [7, 11) is 0. The van der Waals surface area contributed by atoms with E-state index in [-0.39, 0.29) is 11.2 Å². The number of hydrogen-bond acceptors (Lipinski definition) is 2. The van der Waals surface area contributed by atoms with E-state index in [1.807, 2.05) is 12.1 Å². The van der Waals surface area contributed by atoms with Gasteiger partial charge in [-0.05, 0) is 24.5 Å². The summed E-state index contributed by atoms with van der Waals surface area (Å²) >= 11 is 0. The zero-order valence-electron chi connectivity index (χ0n) is 10.6. The van der Waals surface area contributed by atoms with Crippen LogP contribution < -0.4 is 11.2 Å². The average Bonchev–Trinajstić information content (AvgIpc) is 2.37. The lowest BCUT2D eigenvalue weighted by Crippen LogP contribution is -2.31. The number of rotatable bonds is 3. The Morgan fingerprint density at radius 2 is 1.72 bits per heavy atom. The van der Waals surface area contributed by atoms with Crippen molar-refractivity contribution in [2.24, 2.45) is 0 Å². The molecule has 0 radical (unpaired) electrons. The van der Waals surface area contributed by atoms with Crippen LogP contribution in [0.3, 0.4) is 0 Å². The van der Waals surface area contributed by atoms with Crippen molar-refractivity contribution in [1.29, 1.82) is 0 Å². The molecule has 18 heavy (non-hydrogen) atoms. The number of benzene rings is 1. The number of H-pyrrole nitrogens is 1. The fourth-order valence-electron chi connectivity index (χ4n) is 1.81. The van der Waals surface area contributed by atoms with Gasteiger partial charge in [-0.25, -0.2) is 4.79 Å². The van der Waals surface area contributed by atoms with Gasteiger partial charge in [0.15, 0.2) is 0 Å². The second-order valence-electron chi connectivity index (χ2n) is 4.37. The van der Waals surface area contributed by atoms with E-state index in [0.29, 0.717) is 12.1 Å². The monoisotopic (exact) mass is 244 g/mol. The molecule has 0 atom stereocenters. The second-order valence-corrected chi connectivity index (χ2v) is 4.37. The maximum absolute atomic E-state index is 11.6. The smallest absolute Gasteiger partial charge is 0.296 e. The van der Waals surface area contributed by atoms with E-state index in [2.05, 4.69) is 24.0 Å². The Morgan fingerprint density at radius 3 is 2.33 bits per heavy atom. The van der Waals surface area contributed by atoms with Gasteiger partial charge >= 0.3 is 5.69 Å². The summed E-state index contributed by atoms with van der Waals surface area (Å²) in [5, 5.41) is 0. The third-order valence-corrected chi connectivity index (χ3v) is 2.97. The quantitative estimate of drug-likeness (QED) is 0.888. The number of aryl methyl sites for hydroxylation is 2. The Kier molecular flexibility index (Phi) is 3.46. The molecule has 94 valence electrons. The van der Waals surface area contributed by atoms with Gasteiger partial charge in [0.25, 0.3) is 5.56 Å². The minimum Gasteiger partial charge on any atom is -0.296 e. The first-order chi connectivity index (χ1) is 8.60. The van der Waals surface area contributed by atoms with Crippen LogP contribution >= 0.6 is 0 Å². The van der Waals surface area contributed by atoms with Gasteiger partial charge < -0.3 is 0 Å². The molecular weight excluding hydrogens is 228 g/mol. The van der Waals surface area contributed by atoms with Gasteiger partial charge in [-0.1, -0.05) is 31.2 Å². The number of aromatic nitrogens is 2. The van der Waals surface area contributed by atoms with Crippen molar-refractivity contribution in [2.45, 2.75) is 26.8 Å². The predicted octanol–water partition coefficient (Wildman–Crippen LogP) is 1.46. The topological polar surface area (TPSA) is 54.9 Å². The average molecular weight is 244 g/mol. The van der Waals surface area contributed by atoms with E-state index >= 15 is 0 Å². The van der Waals surface area contributed by atoms with Crippen LogP contribution in [0.4, 0.5) is 0 Å². The first kappa shape index (κ1) is 12.4. The summed E-state index contributed by atoms with van der Waals surface area (Å²) in [6.07, 6.45) is 2.59. The summed E-state index contributed by atoms with van der Waals surface area (Å²) in [6.45, 7) is 4.26. The lowest BCUT2D eigenvalue weighted by Gasteiger charge is -2.06. The molecule has 1 aromatic carbocycles. The lowest BCUT2D eigenvalue weighted by atomic mass is 10.1. The molecule has 0 amide bonds. The predicted molar refractivity (Wildman–Crippen MR) is 71.0 cm³/mol. The molecule has 1 N–H and O–H groups in total. The Hall–Kier alpha value is -2.10. The van der Waals surface area contributed by atoms with E-state index in [4.69, 9.17) is 0 Å². The van der Waals surface area contributed by atoms with Crippen molar-refractivity contribution in [3.05, 3.63) is 68.0 Å². The molecule has 2 aromatic rings. The number of aromatic amines is 1. The van der Waals surface area contributed by atoms with Crippen molar-refractivity contribution in [1.82, 2.24) is 9.55 Å². The third-order valence-electron chi connectivity index (χ3n) is 2.97. The zero-order valence-corrected chi connectivity index (χ0v) is 10.6. The molecule has 2 rings (SSSR count). The Balaban J connectivity index is 2.31. The molecule has 0 spiro atoms. The Morgan fingerprint density at radius 1 is 1.11 bits per heavy atom. The lowest BCUT2D eigenvalue weighted by molar-refractivity contribution is 0.713. The summed E-state index contributed by atoms with van der Waals surface area (Å²) in [6, 6.07) is 8.12. The van der Waals surface area contributed by atoms with Gasteiger partial charge in [-0.3, -0.25) is 14.3 Å². The van der Waals surface area contributed by atoms with Gasteiger partial charge in [0.1, 0.15) is 0 Å². The molecule has 0 aliphatic carbocycles. The summed E-state index contributed by atoms with van der Waals surface area (Å²) in [5.41, 5.74) is 2.16. The van der Waals surface area contributed by atoms with Gasteiger partial charge in [0, 0.05) is 11.8 Å². The highest BCUT2D eigenvalue weighted by molar-refractivity contribution is 5.22. The molecule has 0 bridgehead atoms. The molecule has 0 aliphatic rings. The van der Waals surface area contributed by atoms with Crippen molar-refractivity contribution in [3.63, 3.8) is 0 Å². The molecular formula is C14H16N2O2. The van der Waals surface area contributed by atoms with Gasteiger partial charge in [-0.2, -0.15) is 0 Å². The minimum atomic E-state index is -0.370. The highest BCUT2D eigenvalue weighted by Gasteiger charge is 2.01. The molecule has 0 aliphatic heterocycles. The van der Waals surface area contributed by atoms with Crippen LogP contribution in [0.15, 0.2) is 40.1 Å². The van der Waals surface area contributed by atoms with E-state index in [1.54, 1.807) is 13.1 Å². The Labute approximate surface area is 105 Å². The summed E-state index contributed by atoms with van der Waals surface area (Å²) in [4.78, 5) is 25.2. The second kappa shape index (κ2) is 5.04. The molecule has 4 heteroatoms. The molecule has 0 saturated heterocycles. The van der Waals surface area contributed by atoms with Crippen LogP contribution in [0.1, 0.15) is 23.6 Å². The van der Waals surface area contributed by atoms with E-state index in [0.717, 1.165) is 12.0 Å². The molecule has 0 fully saturated rings. The standard InChI is InChI=1S/C14H16N2O2/c1-3-11-4-6-12(7-5-11)9-16-8-10(2)13(17)15-14(16)18/h4-8H,3,9H2,1-2H3,(H,15,17,18). The summed E-state index contributed by atoms with van der Waals surface area (Å²) < 4.78 is 1.51. The number of nitrogens with zero attached hydrogens (tertiary/aromatic N) is 1. The SMILES string of the molecule is CCc1ccc(Cn2cc(C)c(=O)[nH]c2=O)cc1. The normalized spacial score (nSPS) is 10.6. The van der Waals surface area contributed by atoms with Crippen molar-refractivity contribution >= 4 is 0 Å². The van der Waals surface area contributed by atoms with Crippen molar-refractivity contribution in [2.75, 3.05) is 0 Å². The van der Waals surface area contributed by atoms with E-state index < -0.39 is 0 Å². The zero-order chi connectivity index (χ0) is 13.1. The molecule has 4 nitrogen and oxygen atoms in total. The van der Waals surface area contributed by atoms with Crippen molar-refractivity contribution < 1.29 is 0 Å². The molecule has 0 unspecified atom stereocenters. The number of nitrogens with one attached hydrogen (secondary N) is 1. The van der Waals surface area contributed by atoms with Crippen molar-refractivity contribution in [3.8, 4) is 0 Å². The fourth-order valence-corrected chi connectivity index (χ4v) is 1.81. The molecule has 1 aromatic heterocycles. The first-order valence-electron chi connectivity index (χ1n) is 5.98. The van der Waals surface area contributed by atoms with Crippen LogP contribution in [-0.4, -0.2) is 9.55 Å². The largest absolute Gasteiger partial charge is 0.328 e. The minimum absolute atomic E-state index is 0.322. The highest BCUT2D eigenvalue weighted by Crippen LogP contribution is 2.06. The summed E-state index contributed by atoms with van der Waals surface area (Å²) in [5.74, 6) is 0. The maximum atomic E-state index is 11.6. The van der Waals surface area contributed by atoms with E-state index in [1.165, 1.54) is 10.1 Å². The van der Waals surface area contributed by atoms with Crippen LogP contribution in [0, 0.1) is 6.92 Å². The van der Waals surface area contributed by atoms with Gasteiger partial charge in [0.2, 0.25) is 0 Å². The molecule has 0 saturated carbocycles. The van der Waals surface area contributed by atoms with Gasteiger partial charge in [0.05, 0.1) is 6.54 Å². The van der Waals surface area contributed by atoms with E-state index in [9.17, 15) is 9.59 Å². The number of hydrogen-bond donors (Lipinski definition) is 1. The fraction of sp³-hybridized carbons (Fsp3) is 0.286. The highest BCUT2D eigenvalue weighted by atomic mass is 16.2. The van der Waals surface area contributed by atoms with Crippen LogP contribution in [-0.2, 0) is 13.0 Å². The Bertz CT molecular complexity index is 651. The molecule has 1 heterocycles. The van der Waals surface area contributed by atoms with Crippen LogP contribution in [0.5, 0.6) is 0 Å². The van der Waals surface area contributed by atoms with Crippen LogP contribution in [0.2, 0.25) is 0 Å². The van der Waals surface area contributed by atoms with Gasteiger partial charge in [-0.15, -0.1) is 0 Å². The van der Waals surface area contributed by atoms with Crippen LogP contribution in [0.25, 0.3) is 0 Å². The maximum Gasteiger partial charge on any atom is 0.328 e. The third kappa shape index (κ3) is 2.59.